The maximum atomic E-state index is 11.1. The number of esters is 1. The van der Waals surface area contributed by atoms with Gasteiger partial charge in [0.25, 0.3) is 0 Å². The SMILES string of the molecule is CCC(=O)OC1CCC2CCCC21. The first-order valence-corrected chi connectivity index (χ1v) is 5.50. The van der Waals surface area contributed by atoms with Crippen LogP contribution in [0.5, 0.6) is 0 Å². The third kappa shape index (κ3) is 1.72. The fraction of sp³-hybridized carbons (Fsp3) is 0.909. The highest BCUT2D eigenvalue weighted by Crippen LogP contribution is 2.45. The Balaban J connectivity index is 1.90. The molecule has 0 spiro atoms. The van der Waals surface area contributed by atoms with Gasteiger partial charge in [-0.25, -0.2) is 0 Å². The lowest BCUT2D eigenvalue weighted by molar-refractivity contribution is -0.150. The van der Waals surface area contributed by atoms with Crippen molar-refractivity contribution in [2.24, 2.45) is 11.8 Å². The average molecular weight is 182 g/mol. The van der Waals surface area contributed by atoms with Crippen molar-refractivity contribution in [1.82, 2.24) is 0 Å². The Morgan fingerprint density at radius 3 is 2.92 bits per heavy atom. The molecule has 0 aromatic rings. The molecule has 2 aliphatic rings. The first-order valence-electron chi connectivity index (χ1n) is 5.50. The Hall–Kier alpha value is -0.530. The lowest BCUT2D eigenvalue weighted by atomic mass is 9.99. The lowest BCUT2D eigenvalue weighted by Gasteiger charge is -2.18. The quantitative estimate of drug-likeness (QED) is 0.613. The Morgan fingerprint density at radius 2 is 2.15 bits per heavy atom. The molecule has 2 nitrogen and oxygen atoms in total. The molecule has 0 aromatic heterocycles. The Labute approximate surface area is 79.7 Å². The van der Waals surface area contributed by atoms with E-state index in [0.29, 0.717) is 12.3 Å². The lowest BCUT2D eigenvalue weighted by Crippen LogP contribution is -2.22. The van der Waals surface area contributed by atoms with Gasteiger partial charge in [-0.3, -0.25) is 4.79 Å². The van der Waals surface area contributed by atoms with Crippen molar-refractivity contribution in [3.8, 4) is 0 Å². The van der Waals surface area contributed by atoms with E-state index >= 15 is 0 Å². The molecule has 13 heavy (non-hydrogen) atoms. The minimum atomic E-state index is -0.0162. The minimum absolute atomic E-state index is 0.0162. The maximum Gasteiger partial charge on any atom is 0.305 e. The van der Waals surface area contributed by atoms with Crippen LogP contribution in [0.3, 0.4) is 0 Å². The van der Waals surface area contributed by atoms with Gasteiger partial charge in [0.05, 0.1) is 0 Å². The van der Waals surface area contributed by atoms with E-state index in [-0.39, 0.29) is 12.1 Å². The highest BCUT2D eigenvalue weighted by molar-refractivity contribution is 5.69. The van der Waals surface area contributed by atoms with Crippen molar-refractivity contribution in [2.75, 3.05) is 0 Å². The van der Waals surface area contributed by atoms with E-state index in [1.807, 2.05) is 6.92 Å². The number of hydrogen-bond acceptors (Lipinski definition) is 2. The third-order valence-corrected chi connectivity index (χ3v) is 3.59. The zero-order valence-electron chi connectivity index (χ0n) is 8.29. The van der Waals surface area contributed by atoms with Gasteiger partial charge in [-0.05, 0) is 31.1 Å². The largest absolute Gasteiger partial charge is 0.462 e. The number of fused-ring (bicyclic) bond motifs is 1. The second-order valence-corrected chi connectivity index (χ2v) is 4.31. The first kappa shape index (κ1) is 9.04. The number of ether oxygens (including phenoxy) is 1. The molecule has 0 heterocycles. The second-order valence-electron chi connectivity index (χ2n) is 4.31. The summed E-state index contributed by atoms with van der Waals surface area (Å²) in [6.45, 7) is 1.86. The summed E-state index contributed by atoms with van der Waals surface area (Å²) in [5, 5.41) is 0. The summed E-state index contributed by atoms with van der Waals surface area (Å²) >= 11 is 0. The molecule has 74 valence electrons. The van der Waals surface area contributed by atoms with Crippen LogP contribution in [0.25, 0.3) is 0 Å². The van der Waals surface area contributed by atoms with Crippen molar-refractivity contribution < 1.29 is 9.53 Å². The summed E-state index contributed by atoms with van der Waals surface area (Å²) in [5.41, 5.74) is 0. The second kappa shape index (κ2) is 3.69. The molecule has 2 fully saturated rings. The van der Waals surface area contributed by atoms with Crippen LogP contribution in [0.2, 0.25) is 0 Å². The van der Waals surface area contributed by atoms with E-state index in [1.165, 1.54) is 25.7 Å². The normalized spacial score (nSPS) is 37.5. The molecule has 0 saturated heterocycles. The highest BCUT2D eigenvalue weighted by atomic mass is 16.5. The summed E-state index contributed by atoms with van der Waals surface area (Å²) in [7, 11) is 0. The molecule has 3 atom stereocenters. The minimum Gasteiger partial charge on any atom is -0.462 e. The van der Waals surface area contributed by atoms with Crippen molar-refractivity contribution in [1.29, 1.82) is 0 Å². The van der Waals surface area contributed by atoms with E-state index in [0.717, 1.165) is 12.3 Å². The molecule has 0 aromatic carbocycles. The van der Waals surface area contributed by atoms with Gasteiger partial charge in [0.1, 0.15) is 6.10 Å². The molecule has 3 unspecified atom stereocenters. The molecule has 0 amide bonds. The maximum absolute atomic E-state index is 11.1. The average Bonchev–Trinajstić information content (AvgIpc) is 2.69. The summed E-state index contributed by atoms with van der Waals surface area (Å²) in [5.74, 6) is 1.56. The molecular weight excluding hydrogens is 164 g/mol. The van der Waals surface area contributed by atoms with E-state index in [4.69, 9.17) is 4.74 Å². The van der Waals surface area contributed by atoms with Crippen LogP contribution in [-0.4, -0.2) is 12.1 Å². The van der Waals surface area contributed by atoms with E-state index in [2.05, 4.69) is 0 Å². The topological polar surface area (TPSA) is 26.3 Å². The first-order chi connectivity index (χ1) is 6.31. The molecule has 2 heteroatoms. The van der Waals surface area contributed by atoms with Gasteiger partial charge in [0.2, 0.25) is 0 Å². The molecule has 2 aliphatic carbocycles. The van der Waals surface area contributed by atoms with Crippen LogP contribution in [0.1, 0.15) is 45.4 Å². The molecule has 2 saturated carbocycles. The van der Waals surface area contributed by atoms with Gasteiger partial charge >= 0.3 is 5.97 Å². The van der Waals surface area contributed by atoms with Crippen LogP contribution < -0.4 is 0 Å². The van der Waals surface area contributed by atoms with Gasteiger partial charge in [0.15, 0.2) is 0 Å². The Morgan fingerprint density at radius 1 is 1.31 bits per heavy atom. The number of carbonyl (C=O) groups is 1. The van der Waals surface area contributed by atoms with Gasteiger partial charge in [0, 0.05) is 6.42 Å². The summed E-state index contributed by atoms with van der Waals surface area (Å²) in [6.07, 6.45) is 7.17. The summed E-state index contributed by atoms with van der Waals surface area (Å²) < 4.78 is 5.44. The van der Waals surface area contributed by atoms with E-state index in [9.17, 15) is 4.79 Å². The van der Waals surface area contributed by atoms with Crippen LogP contribution in [0, 0.1) is 11.8 Å². The highest BCUT2D eigenvalue weighted by Gasteiger charge is 2.40. The number of rotatable bonds is 2. The smallest absolute Gasteiger partial charge is 0.305 e. The van der Waals surface area contributed by atoms with Crippen molar-refractivity contribution >= 4 is 5.97 Å². The van der Waals surface area contributed by atoms with Crippen LogP contribution >= 0.6 is 0 Å². The Kier molecular flexibility index (Phi) is 2.56. The van der Waals surface area contributed by atoms with Crippen molar-refractivity contribution in [2.45, 2.75) is 51.6 Å². The van der Waals surface area contributed by atoms with Crippen molar-refractivity contribution in [3.05, 3.63) is 0 Å². The summed E-state index contributed by atoms with van der Waals surface area (Å²) in [6, 6.07) is 0. The fourth-order valence-electron chi connectivity index (χ4n) is 2.90. The molecule has 0 radical (unpaired) electrons. The standard InChI is InChI=1S/C11H18O2/c1-2-11(12)13-10-7-6-8-4-3-5-9(8)10/h8-10H,2-7H2,1H3. The molecule has 0 aliphatic heterocycles. The van der Waals surface area contributed by atoms with Crippen LogP contribution in [0.15, 0.2) is 0 Å². The predicted molar refractivity (Wildman–Crippen MR) is 50.2 cm³/mol. The number of carbonyl (C=O) groups excluding carboxylic acids is 1. The Bertz CT molecular complexity index is 200. The predicted octanol–water partition coefficient (Wildman–Crippen LogP) is 2.52. The molecule has 2 rings (SSSR count). The van der Waals surface area contributed by atoms with Gasteiger partial charge in [-0.15, -0.1) is 0 Å². The van der Waals surface area contributed by atoms with Gasteiger partial charge in [-0.2, -0.15) is 0 Å². The molecule has 0 bridgehead atoms. The monoisotopic (exact) mass is 182 g/mol. The van der Waals surface area contributed by atoms with Gasteiger partial charge < -0.3 is 4.74 Å². The summed E-state index contributed by atoms with van der Waals surface area (Å²) in [4.78, 5) is 11.1. The third-order valence-electron chi connectivity index (χ3n) is 3.59. The zero-order chi connectivity index (χ0) is 9.26. The zero-order valence-corrected chi connectivity index (χ0v) is 8.29. The van der Waals surface area contributed by atoms with Crippen LogP contribution in [-0.2, 0) is 9.53 Å². The molecule has 0 N–H and O–H groups in total. The molecular formula is C11H18O2. The fourth-order valence-corrected chi connectivity index (χ4v) is 2.90. The van der Waals surface area contributed by atoms with E-state index in [1.54, 1.807) is 0 Å². The van der Waals surface area contributed by atoms with Gasteiger partial charge in [-0.1, -0.05) is 19.8 Å². The van der Waals surface area contributed by atoms with Crippen LogP contribution in [0.4, 0.5) is 0 Å². The number of hydrogen-bond donors (Lipinski definition) is 0. The van der Waals surface area contributed by atoms with E-state index < -0.39 is 0 Å². The van der Waals surface area contributed by atoms with Crippen molar-refractivity contribution in [3.63, 3.8) is 0 Å².